The minimum atomic E-state index is -0.499. The third-order valence-corrected chi connectivity index (χ3v) is 6.57. The Morgan fingerprint density at radius 2 is 1.88 bits per heavy atom. The van der Waals surface area contributed by atoms with Gasteiger partial charge < -0.3 is 9.52 Å². The number of amides is 1. The maximum absolute atomic E-state index is 12.6. The van der Waals surface area contributed by atoms with Crippen LogP contribution in [-0.4, -0.2) is 22.2 Å². The molecule has 9 heteroatoms. The van der Waals surface area contributed by atoms with E-state index in [0.29, 0.717) is 16.2 Å². The number of halogens is 1. The molecule has 0 saturated heterocycles. The number of phenolic OH excluding ortho intramolecular Hbond substituents is 1. The Morgan fingerprint density at radius 1 is 1.06 bits per heavy atom. The molecule has 0 unspecified atom stereocenters. The van der Waals surface area contributed by atoms with Crippen LogP contribution in [0.3, 0.4) is 0 Å². The number of carbonyl (C=O) groups is 1. The first-order valence-corrected chi connectivity index (χ1v) is 11.0. The predicted molar refractivity (Wildman–Crippen MR) is 139 cm³/mol. The van der Waals surface area contributed by atoms with Crippen LogP contribution in [-0.2, 0) is 0 Å². The molecule has 0 saturated carbocycles. The second kappa shape index (κ2) is 9.72. The van der Waals surface area contributed by atoms with Crippen LogP contribution in [0.1, 0.15) is 16.1 Å². The summed E-state index contributed by atoms with van der Waals surface area (Å²) in [5.41, 5.74) is 3.59. The van der Waals surface area contributed by atoms with Crippen molar-refractivity contribution >= 4 is 80.2 Å². The highest BCUT2D eigenvalue weighted by Crippen LogP contribution is 2.35. The Kier molecular flexibility index (Phi) is 6.77. The quantitative estimate of drug-likeness (QED) is 0.147. The highest BCUT2D eigenvalue weighted by Gasteiger charge is 2.14. The van der Waals surface area contributed by atoms with Gasteiger partial charge in [0.25, 0.3) is 5.91 Å². The molecule has 32 heavy (non-hydrogen) atoms. The molecule has 0 radical (unpaired) electrons. The molecule has 0 atom stereocenters. The van der Waals surface area contributed by atoms with E-state index in [9.17, 15) is 9.90 Å². The van der Waals surface area contributed by atoms with E-state index in [-0.39, 0.29) is 35.3 Å². The lowest BCUT2D eigenvalue weighted by molar-refractivity contribution is 0.0954. The summed E-state index contributed by atoms with van der Waals surface area (Å²) < 4.78 is 7.76. The normalized spacial score (nSPS) is 11.1. The maximum atomic E-state index is 12.6. The molecule has 2 aromatic heterocycles. The van der Waals surface area contributed by atoms with Crippen LogP contribution >= 0.6 is 47.1 Å². The number of carbonyl (C=O) groups excluding carboxylic acids is 1. The van der Waals surface area contributed by atoms with Crippen LogP contribution in [0.25, 0.3) is 21.0 Å². The number of hydrogen-bond donors (Lipinski definition) is 2. The van der Waals surface area contributed by atoms with E-state index in [1.54, 1.807) is 29.5 Å². The highest BCUT2D eigenvalue weighted by molar-refractivity contribution is 14.0. The van der Waals surface area contributed by atoms with Crippen LogP contribution in [0.5, 0.6) is 5.75 Å². The van der Waals surface area contributed by atoms with Gasteiger partial charge in [0.05, 0.1) is 22.0 Å². The van der Waals surface area contributed by atoms with Gasteiger partial charge in [0.1, 0.15) is 11.5 Å². The summed E-state index contributed by atoms with van der Waals surface area (Å²) in [7, 11) is 0. The van der Waals surface area contributed by atoms with Crippen molar-refractivity contribution in [1.29, 1.82) is 0 Å². The van der Waals surface area contributed by atoms with E-state index in [0.717, 1.165) is 19.9 Å². The minimum Gasteiger partial charge on any atom is -0.507 e. The molecule has 0 bridgehead atoms. The average Bonchev–Trinajstić information content (AvgIpc) is 3.39. The molecule has 3 aromatic carbocycles. The zero-order chi connectivity index (χ0) is 21.2. The fraction of sp³-hybridized carbons (Fsp3) is 0. The largest absolute Gasteiger partial charge is 0.507 e. The van der Waals surface area contributed by atoms with Gasteiger partial charge >= 0.3 is 0 Å². The topological polar surface area (TPSA) is 87.7 Å². The van der Waals surface area contributed by atoms with Crippen LogP contribution in [0.2, 0.25) is 0 Å². The summed E-state index contributed by atoms with van der Waals surface area (Å²) in [5, 5.41) is 16.3. The third-order valence-electron chi connectivity index (χ3n) is 4.56. The SMILES string of the molecule is I.O=C(N/N=C/c1ccc(Sc2nc3ccccc3s2)o1)c1c(O)ccc2ccccc12. The number of hydrogen-bond acceptors (Lipinski definition) is 7. The number of benzene rings is 3. The summed E-state index contributed by atoms with van der Waals surface area (Å²) >= 11 is 3.03. The van der Waals surface area contributed by atoms with Crippen LogP contribution in [0, 0.1) is 0 Å². The van der Waals surface area contributed by atoms with Crippen molar-refractivity contribution in [2.24, 2.45) is 5.10 Å². The van der Waals surface area contributed by atoms with Crippen molar-refractivity contribution in [1.82, 2.24) is 10.4 Å². The summed E-state index contributed by atoms with van der Waals surface area (Å²) in [6.07, 6.45) is 1.42. The molecule has 0 aliphatic carbocycles. The lowest BCUT2D eigenvalue weighted by Gasteiger charge is -2.07. The van der Waals surface area contributed by atoms with Crippen molar-refractivity contribution in [2.45, 2.75) is 9.43 Å². The van der Waals surface area contributed by atoms with E-state index in [4.69, 9.17) is 4.42 Å². The fourth-order valence-corrected chi connectivity index (χ4v) is 5.12. The lowest BCUT2D eigenvalue weighted by atomic mass is 10.0. The molecular weight excluding hydrogens is 557 g/mol. The Hall–Kier alpha value is -2.89. The molecule has 6 nitrogen and oxygen atoms in total. The van der Waals surface area contributed by atoms with Crippen LogP contribution in [0.4, 0.5) is 0 Å². The van der Waals surface area contributed by atoms with Crippen molar-refractivity contribution in [2.75, 3.05) is 0 Å². The first-order valence-electron chi connectivity index (χ1n) is 9.35. The Balaban J connectivity index is 0.00000245. The average molecular weight is 573 g/mol. The van der Waals surface area contributed by atoms with Crippen LogP contribution < -0.4 is 5.43 Å². The number of nitrogens with zero attached hydrogens (tertiary/aromatic N) is 2. The van der Waals surface area contributed by atoms with Crippen molar-refractivity contribution < 1.29 is 14.3 Å². The smallest absolute Gasteiger partial charge is 0.275 e. The van der Waals surface area contributed by atoms with E-state index in [2.05, 4.69) is 15.5 Å². The maximum Gasteiger partial charge on any atom is 0.275 e. The number of para-hydroxylation sites is 1. The van der Waals surface area contributed by atoms with E-state index < -0.39 is 5.91 Å². The van der Waals surface area contributed by atoms with E-state index >= 15 is 0 Å². The number of aromatic hydroxyl groups is 1. The number of furan rings is 1. The number of fused-ring (bicyclic) bond motifs is 2. The van der Waals surface area contributed by atoms with E-state index in [1.165, 1.54) is 24.0 Å². The second-order valence-corrected chi connectivity index (χ2v) is 8.87. The zero-order valence-corrected chi connectivity index (χ0v) is 20.4. The number of hydrazone groups is 1. The Labute approximate surface area is 208 Å². The molecule has 1 amide bonds. The standard InChI is InChI=1S/C23H15N3O3S2.HI/c27-18-11-9-14-5-1-2-6-16(14)21(18)22(28)26-24-13-15-10-12-20(29-15)31-23-25-17-7-3-4-8-19(17)30-23;/h1-13,27H,(H,26,28);1H/b24-13+;. The van der Waals surface area contributed by atoms with E-state index in [1.807, 2.05) is 48.5 Å². The van der Waals surface area contributed by atoms with Gasteiger partial charge in [0.15, 0.2) is 9.43 Å². The van der Waals surface area contributed by atoms with Gasteiger partial charge in [-0.15, -0.1) is 35.3 Å². The molecule has 5 aromatic rings. The van der Waals surface area contributed by atoms with Gasteiger partial charge in [-0.3, -0.25) is 4.79 Å². The minimum absolute atomic E-state index is 0. The monoisotopic (exact) mass is 573 g/mol. The summed E-state index contributed by atoms with van der Waals surface area (Å²) in [4.78, 5) is 17.2. The summed E-state index contributed by atoms with van der Waals surface area (Å²) in [6.45, 7) is 0. The number of phenols is 1. The third kappa shape index (κ3) is 4.64. The summed E-state index contributed by atoms with van der Waals surface area (Å²) in [5.74, 6) is -0.105. The van der Waals surface area contributed by atoms with Crippen molar-refractivity contribution in [3.05, 3.63) is 84.1 Å². The number of thiazole rings is 1. The molecule has 0 aliphatic heterocycles. The molecule has 2 N–H and O–H groups in total. The molecule has 5 rings (SSSR count). The second-order valence-electron chi connectivity index (χ2n) is 6.59. The Bertz CT molecular complexity index is 1410. The van der Waals surface area contributed by atoms with Gasteiger partial charge in [-0.2, -0.15) is 5.10 Å². The zero-order valence-electron chi connectivity index (χ0n) is 16.4. The first kappa shape index (κ1) is 22.3. The molecule has 160 valence electrons. The number of nitrogens with one attached hydrogen (secondary N) is 1. The lowest BCUT2D eigenvalue weighted by Crippen LogP contribution is -2.18. The van der Waals surface area contributed by atoms with Crippen molar-refractivity contribution in [3.8, 4) is 5.75 Å². The number of aromatic nitrogens is 1. The van der Waals surface area contributed by atoms with Crippen LogP contribution in [0.15, 0.2) is 91.7 Å². The van der Waals surface area contributed by atoms with Gasteiger partial charge in [-0.05, 0) is 52.9 Å². The summed E-state index contributed by atoms with van der Waals surface area (Å²) in [6, 6.07) is 22.2. The number of rotatable bonds is 5. The molecule has 0 spiro atoms. The van der Waals surface area contributed by atoms with Gasteiger partial charge in [-0.25, -0.2) is 10.4 Å². The molecule has 0 aliphatic rings. The van der Waals surface area contributed by atoms with Gasteiger partial charge in [0.2, 0.25) is 0 Å². The fourth-order valence-electron chi connectivity index (χ4n) is 3.15. The van der Waals surface area contributed by atoms with Gasteiger partial charge in [0, 0.05) is 0 Å². The van der Waals surface area contributed by atoms with Crippen molar-refractivity contribution in [3.63, 3.8) is 0 Å². The molecule has 0 fully saturated rings. The first-order chi connectivity index (χ1) is 15.2. The molecule has 2 heterocycles. The molecular formula is C23H16IN3O3S2. The predicted octanol–water partition coefficient (Wildman–Crippen LogP) is 6.28. The highest BCUT2D eigenvalue weighted by atomic mass is 127. The Morgan fingerprint density at radius 3 is 2.75 bits per heavy atom. The van der Waals surface area contributed by atoms with Gasteiger partial charge in [-0.1, -0.05) is 42.5 Å².